The molecule has 1 amide bonds. The molecule has 2 aromatic heterocycles. The Balaban J connectivity index is 1.55. The molecule has 5 rings (SSSR count). The van der Waals surface area contributed by atoms with Crippen molar-refractivity contribution in [3.8, 4) is 11.4 Å². The summed E-state index contributed by atoms with van der Waals surface area (Å²) in [7, 11) is 0. The largest absolute Gasteiger partial charge is 0.373 e. The molecule has 1 saturated heterocycles. The molecule has 2 aliphatic heterocycles. The summed E-state index contributed by atoms with van der Waals surface area (Å²) in [6.07, 6.45) is 2.35. The maximum Gasteiger partial charge on any atom is 0.245 e. The molecular weight excluding hydrogens is 366 g/mol. The predicted octanol–water partition coefficient (Wildman–Crippen LogP) is 2.52. The van der Waals surface area contributed by atoms with Crippen molar-refractivity contribution in [1.29, 1.82) is 0 Å². The monoisotopic (exact) mass is 391 g/mol. The number of likely N-dealkylation sites (tertiary alicyclic amines) is 1. The number of benzene rings is 1. The highest BCUT2D eigenvalue weighted by atomic mass is 16.5. The van der Waals surface area contributed by atoms with Gasteiger partial charge in [-0.05, 0) is 35.8 Å². The van der Waals surface area contributed by atoms with Crippen molar-refractivity contribution in [3.05, 3.63) is 53.7 Å². The second-order valence-corrected chi connectivity index (χ2v) is 7.76. The normalized spacial score (nSPS) is 18.9. The van der Waals surface area contributed by atoms with Crippen molar-refractivity contribution in [3.63, 3.8) is 0 Å². The molecule has 7 nitrogen and oxygen atoms in total. The molecule has 1 fully saturated rings. The van der Waals surface area contributed by atoms with E-state index < -0.39 is 0 Å². The fraction of sp³-hybridized carbons (Fsp3) is 0.364. The Morgan fingerprint density at radius 2 is 2.28 bits per heavy atom. The number of ether oxygens (including phenoxy) is 1. The molecule has 2 aliphatic rings. The molecule has 0 radical (unpaired) electrons. The number of aromatic amines is 1. The van der Waals surface area contributed by atoms with Crippen LogP contribution in [-0.2, 0) is 29.2 Å². The predicted molar refractivity (Wildman–Crippen MR) is 111 cm³/mol. The molecule has 0 bridgehead atoms. The maximum absolute atomic E-state index is 12.0. The number of nitrogens with zero attached hydrogens (tertiary/aromatic N) is 3. The van der Waals surface area contributed by atoms with E-state index in [0.717, 1.165) is 54.2 Å². The Morgan fingerprint density at radius 3 is 3.07 bits per heavy atom. The van der Waals surface area contributed by atoms with Crippen molar-refractivity contribution in [2.24, 2.45) is 5.73 Å². The molecule has 1 unspecified atom stereocenters. The zero-order valence-electron chi connectivity index (χ0n) is 16.4. The summed E-state index contributed by atoms with van der Waals surface area (Å²) >= 11 is 0. The Hall–Kier alpha value is -2.90. The van der Waals surface area contributed by atoms with Crippen molar-refractivity contribution < 1.29 is 9.53 Å². The quantitative estimate of drug-likeness (QED) is 0.669. The number of carbonyl (C=O) groups excluding carboxylic acids is 1. The molecule has 3 aromatic rings. The van der Waals surface area contributed by atoms with E-state index in [0.29, 0.717) is 25.7 Å². The molecule has 4 heterocycles. The fourth-order valence-electron chi connectivity index (χ4n) is 4.53. The van der Waals surface area contributed by atoms with E-state index in [1.54, 1.807) is 0 Å². The highest BCUT2D eigenvalue weighted by molar-refractivity contribution is 5.91. The van der Waals surface area contributed by atoms with Crippen LogP contribution in [0.2, 0.25) is 0 Å². The Kier molecular flexibility index (Phi) is 4.49. The van der Waals surface area contributed by atoms with Crippen LogP contribution in [0, 0.1) is 0 Å². The number of fused-ring (bicyclic) bond motifs is 2. The van der Waals surface area contributed by atoms with E-state index in [2.05, 4.69) is 35.8 Å². The van der Waals surface area contributed by atoms with Crippen LogP contribution < -0.4 is 5.73 Å². The lowest BCUT2D eigenvalue weighted by molar-refractivity contribution is -0.125. The van der Waals surface area contributed by atoms with Crippen LogP contribution >= 0.6 is 0 Å². The van der Waals surface area contributed by atoms with Gasteiger partial charge in [0.15, 0.2) is 0 Å². The Bertz CT molecular complexity index is 1070. The van der Waals surface area contributed by atoms with Gasteiger partial charge in [-0.1, -0.05) is 18.7 Å². The number of hydrogen-bond donors (Lipinski definition) is 2. The molecule has 150 valence electrons. The van der Waals surface area contributed by atoms with Gasteiger partial charge in [0.25, 0.3) is 0 Å². The average Bonchev–Trinajstić information content (AvgIpc) is 3.49. The summed E-state index contributed by atoms with van der Waals surface area (Å²) in [6.45, 7) is 7.64. The number of carbonyl (C=O) groups is 1. The molecule has 0 saturated carbocycles. The standard InChI is InChI=1S/C22H25N5O2/c1-2-21(28)26-6-5-15(12-26)17-4-3-14(11-23)22-18(17)10-19(24-22)20-9-16-13-29-8-7-27(16)25-20/h2-4,9-10,15,24H,1,5-8,11-13,23H2. The summed E-state index contributed by atoms with van der Waals surface area (Å²) in [5, 5.41) is 5.93. The third kappa shape index (κ3) is 3.07. The van der Waals surface area contributed by atoms with Crippen molar-refractivity contribution >= 4 is 16.8 Å². The second kappa shape index (κ2) is 7.17. The van der Waals surface area contributed by atoms with Gasteiger partial charge >= 0.3 is 0 Å². The van der Waals surface area contributed by atoms with E-state index in [-0.39, 0.29) is 5.91 Å². The topological polar surface area (TPSA) is 89.2 Å². The van der Waals surface area contributed by atoms with E-state index in [1.807, 2.05) is 9.58 Å². The number of H-pyrrole nitrogens is 1. The smallest absolute Gasteiger partial charge is 0.245 e. The van der Waals surface area contributed by atoms with Crippen LogP contribution in [0.15, 0.2) is 36.9 Å². The molecule has 0 spiro atoms. The zero-order chi connectivity index (χ0) is 20.0. The second-order valence-electron chi connectivity index (χ2n) is 7.76. The summed E-state index contributed by atoms with van der Waals surface area (Å²) in [5.74, 6) is 0.309. The molecule has 3 N–H and O–H groups in total. The van der Waals surface area contributed by atoms with Crippen LogP contribution in [0.3, 0.4) is 0 Å². The van der Waals surface area contributed by atoms with E-state index in [9.17, 15) is 4.79 Å². The number of rotatable bonds is 4. The summed E-state index contributed by atoms with van der Waals surface area (Å²) in [5.41, 5.74) is 12.4. The number of amides is 1. The van der Waals surface area contributed by atoms with Gasteiger partial charge in [0, 0.05) is 30.9 Å². The Labute approximate surface area is 169 Å². The zero-order valence-corrected chi connectivity index (χ0v) is 16.4. The molecular formula is C22H25N5O2. The number of nitrogens with two attached hydrogens (primary N) is 1. The highest BCUT2D eigenvalue weighted by Crippen LogP contribution is 2.36. The van der Waals surface area contributed by atoms with Gasteiger partial charge in [-0.25, -0.2) is 0 Å². The third-order valence-corrected chi connectivity index (χ3v) is 6.08. The maximum atomic E-state index is 12.0. The SMILES string of the molecule is C=CC(=O)N1CCC(c2ccc(CN)c3[nH]c(-c4cc5n(n4)CCOC5)cc23)C1. The summed E-state index contributed by atoms with van der Waals surface area (Å²) in [6, 6.07) is 8.53. The minimum Gasteiger partial charge on any atom is -0.373 e. The fourth-order valence-corrected chi connectivity index (χ4v) is 4.53. The van der Waals surface area contributed by atoms with Gasteiger partial charge in [0.2, 0.25) is 5.91 Å². The van der Waals surface area contributed by atoms with Crippen molar-refractivity contribution in [1.82, 2.24) is 19.7 Å². The van der Waals surface area contributed by atoms with Crippen LogP contribution in [-0.4, -0.2) is 45.3 Å². The van der Waals surface area contributed by atoms with Crippen LogP contribution in [0.25, 0.3) is 22.3 Å². The van der Waals surface area contributed by atoms with Gasteiger partial charge in [-0.15, -0.1) is 0 Å². The van der Waals surface area contributed by atoms with Gasteiger partial charge in [-0.3, -0.25) is 9.48 Å². The summed E-state index contributed by atoms with van der Waals surface area (Å²) in [4.78, 5) is 17.4. The number of nitrogens with one attached hydrogen (secondary N) is 1. The minimum atomic E-state index is 0.00268. The summed E-state index contributed by atoms with van der Waals surface area (Å²) < 4.78 is 7.56. The van der Waals surface area contributed by atoms with E-state index in [1.165, 1.54) is 17.0 Å². The van der Waals surface area contributed by atoms with Crippen molar-refractivity contribution in [2.45, 2.75) is 32.0 Å². The van der Waals surface area contributed by atoms with Gasteiger partial charge < -0.3 is 20.4 Å². The first-order valence-corrected chi connectivity index (χ1v) is 10.1. The van der Waals surface area contributed by atoms with Gasteiger partial charge in [0.05, 0.1) is 36.7 Å². The molecule has 1 aromatic carbocycles. The number of hydrogen-bond acceptors (Lipinski definition) is 4. The number of aromatic nitrogens is 3. The highest BCUT2D eigenvalue weighted by Gasteiger charge is 2.28. The minimum absolute atomic E-state index is 0.00268. The van der Waals surface area contributed by atoms with E-state index >= 15 is 0 Å². The third-order valence-electron chi connectivity index (χ3n) is 6.08. The van der Waals surface area contributed by atoms with Gasteiger partial charge in [0.1, 0.15) is 5.69 Å². The van der Waals surface area contributed by atoms with Gasteiger partial charge in [-0.2, -0.15) is 5.10 Å². The lowest BCUT2D eigenvalue weighted by Crippen LogP contribution is -2.26. The molecule has 0 aliphatic carbocycles. The lowest BCUT2D eigenvalue weighted by atomic mass is 9.93. The van der Waals surface area contributed by atoms with Crippen LogP contribution in [0.4, 0.5) is 0 Å². The van der Waals surface area contributed by atoms with E-state index in [4.69, 9.17) is 15.6 Å². The van der Waals surface area contributed by atoms with Crippen LogP contribution in [0.5, 0.6) is 0 Å². The first-order valence-electron chi connectivity index (χ1n) is 10.1. The molecule has 1 atom stereocenters. The lowest BCUT2D eigenvalue weighted by Gasteiger charge is -2.15. The van der Waals surface area contributed by atoms with Crippen LogP contribution in [0.1, 0.15) is 29.2 Å². The first-order chi connectivity index (χ1) is 14.2. The first kappa shape index (κ1) is 18.1. The molecule has 29 heavy (non-hydrogen) atoms. The Morgan fingerprint density at radius 1 is 1.38 bits per heavy atom. The average molecular weight is 391 g/mol. The molecule has 7 heteroatoms. The van der Waals surface area contributed by atoms with Crippen molar-refractivity contribution in [2.75, 3.05) is 19.7 Å².